The maximum absolute atomic E-state index is 13.5. The molecule has 2 aromatic carbocycles. The number of rotatable bonds is 2. The number of carbonyl (C=O) groups excluding carboxylic acids is 1. The predicted molar refractivity (Wildman–Crippen MR) is 67.0 cm³/mol. The molecule has 0 bridgehead atoms. The predicted octanol–water partition coefficient (Wildman–Crippen LogP) is 3.54. The molecule has 1 N–H and O–H groups in total. The Morgan fingerprint density at radius 1 is 1.00 bits per heavy atom. The summed E-state index contributed by atoms with van der Waals surface area (Å²) >= 11 is 0. The van der Waals surface area contributed by atoms with E-state index >= 15 is 0 Å². The second-order valence-electron chi connectivity index (χ2n) is 4.41. The topological polar surface area (TPSA) is 47.6 Å². The molecule has 4 nitrogen and oxygen atoms in total. The lowest BCUT2D eigenvalue weighted by atomic mass is 10.2. The van der Waals surface area contributed by atoms with Crippen molar-refractivity contribution in [3.63, 3.8) is 0 Å². The molecule has 1 amide bonds. The minimum Gasteiger partial charge on any atom is -0.395 e. The molecule has 0 radical (unpaired) electrons. The first kappa shape index (κ1) is 14.2. The highest BCUT2D eigenvalue weighted by atomic mass is 19.3. The molecule has 0 spiro atoms. The molecular weight excluding hydrogens is 306 g/mol. The Morgan fingerprint density at radius 2 is 1.73 bits per heavy atom. The quantitative estimate of drug-likeness (QED) is 0.863. The van der Waals surface area contributed by atoms with E-state index in [4.69, 9.17) is 0 Å². The fraction of sp³-hybridized carbons (Fsp3) is 0.0714. The zero-order chi connectivity index (χ0) is 15.9. The molecule has 0 saturated carbocycles. The molecule has 1 aliphatic rings. The van der Waals surface area contributed by atoms with E-state index in [0.29, 0.717) is 6.07 Å². The fourth-order valence-electron chi connectivity index (χ4n) is 1.90. The van der Waals surface area contributed by atoms with Gasteiger partial charge in [-0.15, -0.1) is 8.78 Å². The first-order chi connectivity index (χ1) is 10.3. The lowest BCUT2D eigenvalue weighted by Gasteiger charge is -2.07. The van der Waals surface area contributed by atoms with Crippen molar-refractivity contribution in [2.75, 3.05) is 5.32 Å². The highest BCUT2D eigenvalue weighted by molar-refractivity contribution is 6.04. The zero-order valence-electron chi connectivity index (χ0n) is 10.7. The number of hydrogen-bond donors (Lipinski definition) is 1. The van der Waals surface area contributed by atoms with Gasteiger partial charge in [-0.2, -0.15) is 0 Å². The normalized spacial score (nSPS) is 14.7. The molecule has 1 heterocycles. The summed E-state index contributed by atoms with van der Waals surface area (Å²) < 4.78 is 60.4. The van der Waals surface area contributed by atoms with E-state index in [1.807, 2.05) is 0 Å². The van der Waals surface area contributed by atoms with Gasteiger partial charge in [-0.05, 0) is 24.3 Å². The summed E-state index contributed by atoms with van der Waals surface area (Å²) in [6.45, 7) is 0. The molecule has 2 aromatic rings. The Labute approximate surface area is 121 Å². The van der Waals surface area contributed by atoms with Gasteiger partial charge in [-0.1, -0.05) is 0 Å². The second-order valence-corrected chi connectivity index (χ2v) is 4.41. The van der Waals surface area contributed by atoms with Crippen LogP contribution < -0.4 is 14.8 Å². The monoisotopic (exact) mass is 313 g/mol. The molecule has 0 saturated heterocycles. The Morgan fingerprint density at radius 3 is 2.45 bits per heavy atom. The number of carbonyl (C=O) groups is 1. The number of amides is 1. The maximum atomic E-state index is 13.5. The van der Waals surface area contributed by atoms with Crippen LogP contribution in [0.4, 0.5) is 23.2 Å². The van der Waals surface area contributed by atoms with Gasteiger partial charge in [0, 0.05) is 17.8 Å². The van der Waals surface area contributed by atoms with Crippen molar-refractivity contribution in [3.8, 4) is 11.5 Å². The Kier molecular flexibility index (Phi) is 3.16. The summed E-state index contributed by atoms with van der Waals surface area (Å²) in [5.41, 5.74) is -0.293. The van der Waals surface area contributed by atoms with Crippen molar-refractivity contribution >= 4 is 11.6 Å². The third-order valence-electron chi connectivity index (χ3n) is 2.83. The third kappa shape index (κ3) is 2.67. The van der Waals surface area contributed by atoms with Crippen LogP contribution >= 0.6 is 0 Å². The molecule has 0 atom stereocenters. The van der Waals surface area contributed by atoms with Gasteiger partial charge in [0.15, 0.2) is 11.5 Å². The number of halogens is 4. The van der Waals surface area contributed by atoms with Crippen molar-refractivity contribution in [2.24, 2.45) is 0 Å². The SMILES string of the molecule is O=C(Nc1ccc2c(c1)OC(F)(F)O2)c1ccc(F)cc1F. The number of alkyl halides is 2. The van der Waals surface area contributed by atoms with Crippen molar-refractivity contribution in [1.29, 1.82) is 0 Å². The smallest absolute Gasteiger partial charge is 0.395 e. The van der Waals surface area contributed by atoms with E-state index in [0.717, 1.165) is 18.2 Å². The Balaban J connectivity index is 1.81. The standard InChI is InChI=1S/C14H7F4NO3/c15-7-1-3-9(10(16)5-7)13(20)19-8-2-4-11-12(6-8)22-14(17,18)21-11/h1-6H,(H,19,20). The lowest BCUT2D eigenvalue weighted by molar-refractivity contribution is -0.286. The van der Waals surface area contributed by atoms with Gasteiger partial charge >= 0.3 is 6.29 Å². The van der Waals surface area contributed by atoms with Crippen LogP contribution in [0.3, 0.4) is 0 Å². The van der Waals surface area contributed by atoms with E-state index in [9.17, 15) is 22.4 Å². The summed E-state index contributed by atoms with van der Waals surface area (Å²) in [5, 5.41) is 2.29. The second kappa shape index (κ2) is 4.90. The van der Waals surface area contributed by atoms with E-state index < -0.39 is 23.8 Å². The van der Waals surface area contributed by atoms with Gasteiger partial charge in [0.05, 0.1) is 5.56 Å². The number of nitrogens with one attached hydrogen (secondary N) is 1. The highest BCUT2D eigenvalue weighted by Crippen LogP contribution is 2.42. The molecule has 0 aliphatic carbocycles. The number of hydrogen-bond acceptors (Lipinski definition) is 3. The molecule has 114 valence electrons. The highest BCUT2D eigenvalue weighted by Gasteiger charge is 2.43. The molecule has 3 rings (SSSR count). The van der Waals surface area contributed by atoms with Crippen LogP contribution in [0.25, 0.3) is 0 Å². The van der Waals surface area contributed by atoms with Gasteiger partial charge in [0.1, 0.15) is 11.6 Å². The number of ether oxygens (including phenoxy) is 2. The molecular formula is C14H7F4NO3. The summed E-state index contributed by atoms with van der Waals surface area (Å²) in [7, 11) is 0. The first-order valence-corrected chi connectivity index (χ1v) is 6.00. The van der Waals surface area contributed by atoms with Crippen LogP contribution in [0, 0.1) is 11.6 Å². The summed E-state index contributed by atoms with van der Waals surface area (Å²) in [5.74, 6) is -3.16. The molecule has 22 heavy (non-hydrogen) atoms. The number of fused-ring (bicyclic) bond motifs is 1. The molecule has 0 fully saturated rings. The maximum Gasteiger partial charge on any atom is 0.586 e. The van der Waals surface area contributed by atoms with Crippen LogP contribution in [0.1, 0.15) is 10.4 Å². The van der Waals surface area contributed by atoms with Crippen LogP contribution in [0.5, 0.6) is 11.5 Å². The number of benzene rings is 2. The molecule has 0 aromatic heterocycles. The van der Waals surface area contributed by atoms with Gasteiger partial charge in [0.25, 0.3) is 5.91 Å². The summed E-state index contributed by atoms with van der Waals surface area (Å²) in [4.78, 5) is 11.9. The Bertz CT molecular complexity index is 764. The summed E-state index contributed by atoms with van der Waals surface area (Å²) in [6, 6.07) is 6.03. The molecule has 0 unspecified atom stereocenters. The average Bonchev–Trinajstić information content (AvgIpc) is 2.71. The number of anilines is 1. The van der Waals surface area contributed by atoms with E-state index in [2.05, 4.69) is 14.8 Å². The first-order valence-electron chi connectivity index (χ1n) is 6.00. The van der Waals surface area contributed by atoms with E-state index in [1.165, 1.54) is 12.1 Å². The van der Waals surface area contributed by atoms with Gasteiger partial charge in [-0.3, -0.25) is 4.79 Å². The third-order valence-corrected chi connectivity index (χ3v) is 2.83. The van der Waals surface area contributed by atoms with E-state index in [1.54, 1.807) is 0 Å². The minimum atomic E-state index is -3.77. The Hall–Kier alpha value is -2.77. The fourth-order valence-corrected chi connectivity index (χ4v) is 1.90. The van der Waals surface area contributed by atoms with Crippen molar-refractivity contribution in [3.05, 3.63) is 53.6 Å². The van der Waals surface area contributed by atoms with Crippen LogP contribution in [-0.4, -0.2) is 12.2 Å². The lowest BCUT2D eigenvalue weighted by Crippen LogP contribution is -2.25. The van der Waals surface area contributed by atoms with E-state index in [-0.39, 0.29) is 22.7 Å². The van der Waals surface area contributed by atoms with Crippen molar-refractivity contribution < 1.29 is 31.8 Å². The van der Waals surface area contributed by atoms with Gasteiger partial charge < -0.3 is 14.8 Å². The minimum absolute atomic E-state index is 0.0915. The van der Waals surface area contributed by atoms with Crippen molar-refractivity contribution in [2.45, 2.75) is 6.29 Å². The summed E-state index contributed by atoms with van der Waals surface area (Å²) in [6.07, 6.45) is -3.77. The van der Waals surface area contributed by atoms with Gasteiger partial charge in [-0.25, -0.2) is 8.78 Å². The van der Waals surface area contributed by atoms with Crippen LogP contribution in [-0.2, 0) is 0 Å². The van der Waals surface area contributed by atoms with Crippen LogP contribution in [0.2, 0.25) is 0 Å². The van der Waals surface area contributed by atoms with Gasteiger partial charge in [0.2, 0.25) is 0 Å². The molecule has 8 heteroatoms. The average molecular weight is 313 g/mol. The molecule has 1 aliphatic heterocycles. The zero-order valence-corrected chi connectivity index (χ0v) is 10.7. The largest absolute Gasteiger partial charge is 0.586 e. The van der Waals surface area contributed by atoms with Crippen LogP contribution in [0.15, 0.2) is 36.4 Å². The van der Waals surface area contributed by atoms with Crippen molar-refractivity contribution in [1.82, 2.24) is 0 Å².